The third-order valence-corrected chi connectivity index (χ3v) is 3.92. The van der Waals surface area contributed by atoms with E-state index in [2.05, 4.69) is 4.57 Å². The molecule has 4 aromatic rings. The van der Waals surface area contributed by atoms with Crippen LogP contribution in [0.3, 0.4) is 0 Å². The van der Waals surface area contributed by atoms with Crippen LogP contribution in [0.2, 0.25) is 0 Å². The first kappa shape index (κ1) is 12.6. The Morgan fingerprint density at radius 1 is 0.682 bits per heavy atom. The molecule has 0 aliphatic rings. The highest BCUT2D eigenvalue weighted by Gasteiger charge is 2.12. The number of hydrogen-bond donors (Lipinski definition) is 3. The quantitative estimate of drug-likeness (QED) is 0.468. The van der Waals surface area contributed by atoms with E-state index < -0.39 is 0 Å². The maximum atomic E-state index is 9.51. The van der Waals surface area contributed by atoms with Crippen molar-refractivity contribution in [1.29, 1.82) is 0 Å². The molecular weight excluding hydrogens is 274 g/mol. The smallest absolute Gasteiger partial charge is 0.115 e. The maximum Gasteiger partial charge on any atom is 0.115 e. The summed E-state index contributed by atoms with van der Waals surface area (Å²) in [7, 11) is 0. The zero-order valence-electron chi connectivity index (χ0n) is 11.8. The number of nitrogen functional groups attached to an aromatic ring is 2. The number of benzene rings is 3. The van der Waals surface area contributed by atoms with Gasteiger partial charge in [-0.15, -0.1) is 0 Å². The van der Waals surface area contributed by atoms with Gasteiger partial charge in [-0.1, -0.05) is 0 Å². The Kier molecular flexibility index (Phi) is 2.53. The number of hydrogen-bond acceptors (Lipinski definition) is 3. The molecule has 3 aromatic carbocycles. The van der Waals surface area contributed by atoms with E-state index in [-0.39, 0.29) is 5.75 Å². The molecule has 0 unspecified atom stereocenters. The van der Waals surface area contributed by atoms with Crippen molar-refractivity contribution in [3.63, 3.8) is 0 Å². The van der Waals surface area contributed by atoms with Crippen molar-refractivity contribution in [2.75, 3.05) is 11.5 Å². The second-order valence-electron chi connectivity index (χ2n) is 5.40. The number of phenols is 1. The van der Waals surface area contributed by atoms with Crippen molar-refractivity contribution < 1.29 is 5.11 Å². The van der Waals surface area contributed by atoms with Crippen molar-refractivity contribution >= 4 is 33.2 Å². The second kappa shape index (κ2) is 4.43. The van der Waals surface area contributed by atoms with Crippen molar-refractivity contribution in [2.24, 2.45) is 0 Å². The van der Waals surface area contributed by atoms with Crippen LogP contribution in [-0.2, 0) is 0 Å². The first-order chi connectivity index (χ1) is 10.6. The molecule has 0 saturated carbocycles. The number of nitrogens with zero attached hydrogens (tertiary/aromatic N) is 1. The van der Waals surface area contributed by atoms with Gasteiger partial charge in [-0.3, -0.25) is 0 Å². The zero-order valence-corrected chi connectivity index (χ0v) is 11.8. The Labute approximate surface area is 127 Å². The van der Waals surface area contributed by atoms with Crippen LogP contribution in [0.25, 0.3) is 27.5 Å². The van der Waals surface area contributed by atoms with Crippen molar-refractivity contribution in [2.45, 2.75) is 0 Å². The van der Waals surface area contributed by atoms with E-state index in [0.29, 0.717) is 0 Å². The number of anilines is 2. The van der Waals surface area contributed by atoms with Gasteiger partial charge < -0.3 is 21.1 Å². The molecule has 0 atom stereocenters. The lowest BCUT2D eigenvalue weighted by molar-refractivity contribution is 0.475. The molecule has 4 heteroatoms. The van der Waals surface area contributed by atoms with Gasteiger partial charge in [0.2, 0.25) is 0 Å². The molecule has 4 nitrogen and oxygen atoms in total. The van der Waals surface area contributed by atoms with E-state index in [9.17, 15) is 5.11 Å². The molecular formula is C18H15N3O. The fourth-order valence-corrected chi connectivity index (χ4v) is 2.94. The lowest BCUT2D eigenvalue weighted by Gasteiger charge is -2.08. The molecule has 0 spiro atoms. The van der Waals surface area contributed by atoms with E-state index in [1.165, 1.54) is 0 Å². The molecule has 0 radical (unpaired) electrons. The molecule has 1 heterocycles. The average molecular weight is 289 g/mol. The van der Waals surface area contributed by atoms with Crippen molar-refractivity contribution in [1.82, 2.24) is 4.57 Å². The Bertz CT molecular complexity index is 941. The van der Waals surface area contributed by atoms with E-state index >= 15 is 0 Å². The lowest BCUT2D eigenvalue weighted by atomic mass is 10.1. The Hall–Kier alpha value is -3.14. The Morgan fingerprint density at radius 2 is 1.18 bits per heavy atom. The number of nitrogens with two attached hydrogens (primary N) is 2. The fourth-order valence-electron chi connectivity index (χ4n) is 2.94. The zero-order chi connectivity index (χ0) is 15.3. The van der Waals surface area contributed by atoms with Gasteiger partial charge in [0.25, 0.3) is 0 Å². The molecule has 0 fully saturated rings. The summed E-state index contributed by atoms with van der Waals surface area (Å²) in [4.78, 5) is 0. The summed E-state index contributed by atoms with van der Waals surface area (Å²) in [6.07, 6.45) is 0. The summed E-state index contributed by atoms with van der Waals surface area (Å²) < 4.78 is 2.14. The number of aromatic hydroxyl groups is 1. The van der Waals surface area contributed by atoms with Crippen molar-refractivity contribution in [3.8, 4) is 11.4 Å². The third-order valence-electron chi connectivity index (χ3n) is 3.92. The second-order valence-corrected chi connectivity index (χ2v) is 5.40. The highest BCUT2D eigenvalue weighted by Crippen LogP contribution is 2.34. The molecule has 108 valence electrons. The molecule has 5 N–H and O–H groups in total. The van der Waals surface area contributed by atoms with E-state index in [4.69, 9.17) is 11.5 Å². The van der Waals surface area contributed by atoms with E-state index in [1.807, 2.05) is 48.5 Å². The van der Waals surface area contributed by atoms with Crippen LogP contribution >= 0.6 is 0 Å². The van der Waals surface area contributed by atoms with Gasteiger partial charge >= 0.3 is 0 Å². The maximum absolute atomic E-state index is 9.51. The predicted molar refractivity (Wildman–Crippen MR) is 91.3 cm³/mol. The molecule has 1 aromatic heterocycles. The number of fused-ring (bicyclic) bond motifs is 3. The lowest BCUT2D eigenvalue weighted by Crippen LogP contribution is -1.93. The Morgan fingerprint density at radius 3 is 1.68 bits per heavy atom. The molecule has 0 amide bonds. The molecule has 0 aliphatic carbocycles. The molecule has 22 heavy (non-hydrogen) atoms. The van der Waals surface area contributed by atoms with Gasteiger partial charge in [0.05, 0.1) is 11.0 Å². The first-order valence-corrected chi connectivity index (χ1v) is 7.02. The van der Waals surface area contributed by atoms with Gasteiger partial charge in [0.15, 0.2) is 0 Å². The summed E-state index contributed by atoms with van der Waals surface area (Å²) in [5, 5.41) is 11.6. The topological polar surface area (TPSA) is 77.2 Å². The predicted octanol–water partition coefficient (Wildman–Crippen LogP) is 3.65. The number of phenolic OH excluding ortho intramolecular Hbond substituents is 1. The summed E-state index contributed by atoms with van der Waals surface area (Å²) in [5.74, 6) is 0.248. The van der Waals surface area contributed by atoms with Crippen LogP contribution in [-0.4, -0.2) is 9.67 Å². The third kappa shape index (κ3) is 1.78. The minimum Gasteiger partial charge on any atom is -0.508 e. The summed E-state index contributed by atoms with van der Waals surface area (Å²) in [6, 6.07) is 18.9. The van der Waals surface area contributed by atoms with Gasteiger partial charge in [-0.25, -0.2) is 0 Å². The normalized spacial score (nSPS) is 11.3. The molecule has 4 rings (SSSR count). The minimum absolute atomic E-state index is 0.248. The molecule has 0 aliphatic heterocycles. The van der Waals surface area contributed by atoms with Crippen LogP contribution in [0.15, 0.2) is 60.7 Å². The Balaban J connectivity index is 2.17. The standard InChI is InChI=1S/C18H15N3O/c19-11-1-7-17-15(9-11)16-10-12(20)2-8-18(16)21(17)13-3-5-14(22)6-4-13/h1-10,22H,19-20H2. The molecule has 0 bridgehead atoms. The minimum atomic E-state index is 0.248. The molecule has 0 saturated heterocycles. The summed E-state index contributed by atoms with van der Waals surface area (Å²) in [5.41, 5.74) is 16.4. The number of aromatic nitrogens is 1. The fraction of sp³-hybridized carbons (Fsp3) is 0. The van der Waals surface area contributed by atoms with Crippen LogP contribution < -0.4 is 11.5 Å². The highest BCUT2D eigenvalue weighted by atomic mass is 16.3. The monoisotopic (exact) mass is 289 g/mol. The first-order valence-electron chi connectivity index (χ1n) is 7.02. The SMILES string of the molecule is Nc1ccc2c(c1)c1cc(N)ccc1n2-c1ccc(O)cc1. The van der Waals surface area contributed by atoms with Crippen LogP contribution in [0.5, 0.6) is 5.75 Å². The highest BCUT2D eigenvalue weighted by molar-refractivity contribution is 6.11. The summed E-state index contributed by atoms with van der Waals surface area (Å²) in [6.45, 7) is 0. The van der Waals surface area contributed by atoms with Crippen LogP contribution in [0.1, 0.15) is 0 Å². The van der Waals surface area contributed by atoms with E-state index in [1.54, 1.807) is 12.1 Å². The summed E-state index contributed by atoms with van der Waals surface area (Å²) >= 11 is 0. The van der Waals surface area contributed by atoms with Gasteiger partial charge in [0, 0.05) is 27.8 Å². The van der Waals surface area contributed by atoms with Crippen molar-refractivity contribution in [3.05, 3.63) is 60.7 Å². The van der Waals surface area contributed by atoms with Gasteiger partial charge in [-0.2, -0.15) is 0 Å². The van der Waals surface area contributed by atoms with Crippen LogP contribution in [0, 0.1) is 0 Å². The van der Waals surface area contributed by atoms with E-state index in [0.717, 1.165) is 38.9 Å². The largest absolute Gasteiger partial charge is 0.508 e. The number of rotatable bonds is 1. The van der Waals surface area contributed by atoms with Gasteiger partial charge in [0.1, 0.15) is 5.75 Å². The van der Waals surface area contributed by atoms with Gasteiger partial charge in [-0.05, 0) is 60.7 Å². The average Bonchev–Trinajstić information content (AvgIpc) is 2.81. The van der Waals surface area contributed by atoms with Crippen LogP contribution in [0.4, 0.5) is 11.4 Å².